The van der Waals surface area contributed by atoms with E-state index in [0.29, 0.717) is 26.9 Å². The molecule has 3 rings (SSSR count). The smallest absolute Gasteiger partial charge is 0.481 e. The minimum atomic E-state index is -4.80. The number of aliphatic carboxylic acids is 1. The van der Waals surface area contributed by atoms with Crippen LogP contribution >= 0.6 is 15.9 Å². The number of nitrogens with one attached hydrogen (secondary N) is 1. The van der Waals surface area contributed by atoms with Gasteiger partial charge in [0.2, 0.25) is 0 Å². The summed E-state index contributed by atoms with van der Waals surface area (Å²) in [5.41, 5.74) is 1.99. The summed E-state index contributed by atoms with van der Waals surface area (Å²) in [7, 11) is 0. The molecular weight excluding hydrogens is 548 g/mol. The summed E-state index contributed by atoms with van der Waals surface area (Å²) in [5, 5.41) is 11.2. The van der Waals surface area contributed by atoms with E-state index in [9.17, 15) is 27.2 Å². The van der Waals surface area contributed by atoms with Crippen molar-refractivity contribution in [2.45, 2.75) is 25.9 Å². The van der Waals surface area contributed by atoms with Gasteiger partial charge in [-0.05, 0) is 54.1 Å². The predicted molar refractivity (Wildman–Crippen MR) is 128 cm³/mol. The summed E-state index contributed by atoms with van der Waals surface area (Å²) in [4.78, 5) is 24.7. The lowest BCUT2D eigenvalue weighted by molar-refractivity contribution is -0.274. The summed E-state index contributed by atoms with van der Waals surface area (Å²) in [5.74, 6) is -2.25. The topological polar surface area (TPSA) is 78.9 Å². The number of carboxylic acid groups (broad SMARTS) is 1. The Bertz CT molecular complexity index is 1200. The van der Waals surface area contributed by atoms with Gasteiger partial charge in [0.05, 0.1) is 6.42 Å². The van der Waals surface area contributed by atoms with Crippen LogP contribution in [0.5, 0.6) is 5.75 Å². The highest BCUT2D eigenvalue weighted by Gasteiger charge is 2.31. The number of anilines is 1. The van der Waals surface area contributed by atoms with Crippen LogP contribution in [0, 0.1) is 5.82 Å². The molecule has 0 spiro atoms. The van der Waals surface area contributed by atoms with Crippen molar-refractivity contribution in [1.82, 2.24) is 5.32 Å². The molecule has 0 radical (unpaired) electrons. The van der Waals surface area contributed by atoms with E-state index in [1.54, 1.807) is 41.3 Å². The monoisotopic (exact) mass is 568 g/mol. The number of halogens is 5. The van der Waals surface area contributed by atoms with Crippen LogP contribution in [0.2, 0.25) is 0 Å². The van der Waals surface area contributed by atoms with Gasteiger partial charge in [-0.3, -0.25) is 9.59 Å². The van der Waals surface area contributed by atoms with Gasteiger partial charge in [0, 0.05) is 40.9 Å². The zero-order chi connectivity index (χ0) is 26.3. The Morgan fingerprint density at radius 2 is 1.64 bits per heavy atom. The SMILES string of the molecule is O=C(O)CCNC(=O)c1ccc(N(Cc2ccc(OC(F)(F)F)cc2)Cc2ccc(Br)cc2F)cc1. The minimum absolute atomic E-state index is 0.0149. The highest BCUT2D eigenvalue weighted by Crippen LogP contribution is 2.26. The van der Waals surface area contributed by atoms with Gasteiger partial charge in [0.15, 0.2) is 0 Å². The summed E-state index contributed by atoms with van der Waals surface area (Å²) in [6.07, 6.45) is -5.00. The highest BCUT2D eigenvalue weighted by molar-refractivity contribution is 9.10. The lowest BCUT2D eigenvalue weighted by Gasteiger charge is -2.26. The molecule has 0 aliphatic heterocycles. The maximum absolute atomic E-state index is 14.5. The molecular formula is C25H21BrF4N2O4. The van der Waals surface area contributed by atoms with E-state index in [2.05, 4.69) is 26.0 Å². The van der Waals surface area contributed by atoms with Crippen molar-refractivity contribution in [3.63, 3.8) is 0 Å². The van der Waals surface area contributed by atoms with Gasteiger partial charge in [0.1, 0.15) is 11.6 Å². The van der Waals surface area contributed by atoms with Crippen LogP contribution in [-0.2, 0) is 17.9 Å². The first-order valence-corrected chi connectivity index (χ1v) is 11.4. The maximum Gasteiger partial charge on any atom is 0.573 e. The number of alkyl halides is 3. The third-order valence-corrected chi connectivity index (χ3v) is 5.52. The predicted octanol–water partition coefficient (Wildman–Crippen LogP) is 5.90. The van der Waals surface area contributed by atoms with E-state index in [0.717, 1.165) is 0 Å². The summed E-state index contributed by atoms with van der Waals surface area (Å²) >= 11 is 3.22. The van der Waals surface area contributed by atoms with Crippen molar-refractivity contribution in [3.8, 4) is 5.75 Å². The lowest BCUT2D eigenvalue weighted by Crippen LogP contribution is -2.26. The number of benzene rings is 3. The van der Waals surface area contributed by atoms with E-state index in [4.69, 9.17) is 5.11 Å². The van der Waals surface area contributed by atoms with Gasteiger partial charge in [-0.15, -0.1) is 13.2 Å². The lowest BCUT2D eigenvalue weighted by atomic mass is 10.1. The molecule has 36 heavy (non-hydrogen) atoms. The molecule has 0 aliphatic carbocycles. The number of rotatable bonds is 10. The zero-order valence-corrected chi connectivity index (χ0v) is 20.3. The first-order valence-electron chi connectivity index (χ1n) is 10.6. The molecule has 0 saturated carbocycles. The number of ether oxygens (including phenoxy) is 1. The van der Waals surface area contributed by atoms with Crippen LogP contribution in [0.1, 0.15) is 27.9 Å². The molecule has 2 N–H and O–H groups in total. The molecule has 0 unspecified atom stereocenters. The zero-order valence-electron chi connectivity index (χ0n) is 18.7. The third-order valence-electron chi connectivity index (χ3n) is 5.03. The van der Waals surface area contributed by atoms with Crippen LogP contribution in [0.15, 0.2) is 71.2 Å². The van der Waals surface area contributed by atoms with Gasteiger partial charge >= 0.3 is 12.3 Å². The van der Waals surface area contributed by atoms with Crippen LogP contribution in [0.3, 0.4) is 0 Å². The maximum atomic E-state index is 14.5. The minimum Gasteiger partial charge on any atom is -0.481 e. The average molecular weight is 569 g/mol. The van der Waals surface area contributed by atoms with Gasteiger partial charge in [-0.2, -0.15) is 0 Å². The molecule has 6 nitrogen and oxygen atoms in total. The molecule has 0 fully saturated rings. The average Bonchev–Trinajstić information content (AvgIpc) is 2.80. The fourth-order valence-corrected chi connectivity index (χ4v) is 3.65. The summed E-state index contributed by atoms with van der Waals surface area (Å²) < 4.78 is 56.4. The second-order valence-electron chi connectivity index (χ2n) is 7.73. The van der Waals surface area contributed by atoms with Gasteiger partial charge in [-0.1, -0.05) is 34.1 Å². The van der Waals surface area contributed by atoms with Crippen molar-refractivity contribution in [3.05, 3.63) is 93.7 Å². The molecule has 0 saturated heterocycles. The Kier molecular flexibility index (Phi) is 8.92. The van der Waals surface area contributed by atoms with Crippen LogP contribution in [0.25, 0.3) is 0 Å². The van der Waals surface area contributed by atoms with Crippen molar-refractivity contribution in [2.24, 2.45) is 0 Å². The number of hydrogen-bond donors (Lipinski definition) is 2. The molecule has 0 aliphatic rings. The molecule has 190 valence electrons. The quantitative estimate of drug-likeness (QED) is 0.298. The largest absolute Gasteiger partial charge is 0.573 e. The van der Waals surface area contributed by atoms with Crippen molar-refractivity contribution in [2.75, 3.05) is 11.4 Å². The number of nitrogens with zero attached hydrogens (tertiary/aromatic N) is 1. The van der Waals surface area contributed by atoms with Crippen molar-refractivity contribution < 1.29 is 37.0 Å². The summed E-state index contributed by atoms with van der Waals surface area (Å²) in [6, 6.07) is 16.4. The molecule has 0 aromatic heterocycles. The number of carboxylic acids is 1. The Hall–Kier alpha value is -3.60. The third kappa shape index (κ3) is 8.26. The van der Waals surface area contributed by atoms with Gasteiger partial charge in [-0.25, -0.2) is 4.39 Å². The molecule has 0 atom stereocenters. The fraction of sp³-hybridized carbons (Fsp3) is 0.200. The van der Waals surface area contributed by atoms with Crippen LogP contribution in [0.4, 0.5) is 23.2 Å². The van der Waals surface area contributed by atoms with E-state index in [1.165, 1.54) is 30.3 Å². The highest BCUT2D eigenvalue weighted by atomic mass is 79.9. The normalized spacial score (nSPS) is 11.1. The fourth-order valence-electron chi connectivity index (χ4n) is 3.32. The molecule has 3 aromatic carbocycles. The number of amides is 1. The first-order chi connectivity index (χ1) is 17.0. The number of carbonyl (C=O) groups excluding carboxylic acids is 1. The molecule has 0 bridgehead atoms. The molecule has 3 aromatic rings. The Labute approximate surface area is 212 Å². The van der Waals surface area contributed by atoms with Crippen LogP contribution in [-0.4, -0.2) is 29.9 Å². The van der Waals surface area contributed by atoms with E-state index in [-0.39, 0.29) is 31.8 Å². The van der Waals surface area contributed by atoms with Gasteiger partial charge < -0.3 is 20.1 Å². The second-order valence-corrected chi connectivity index (χ2v) is 8.65. The van der Waals surface area contributed by atoms with Crippen molar-refractivity contribution >= 4 is 33.5 Å². The Morgan fingerprint density at radius 1 is 0.972 bits per heavy atom. The molecule has 11 heteroatoms. The second kappa shape index (κ2) is 11.9. The van der Waals surface area contributed by atoms with E-state index >= 15 is 0 Å². The van der Waals surface area contributed by atoms with E-state index < -0.39 is 24.1 Å². The van der Waals surface area contributed by atoms with Crippen molar-refractivity contribution in [1.29, 1.82) is 0 Å². The molecule has 1 amide bonds. The first kappa shape index (κ1) is 27.0. The molecule has 0 heterocycles. The number of carbonyl (C=O) groups is 2. The number of hydrogen-bond acceptors (Lipinski definition) is 4. The van der Waals surface area contributed by atoms with Crippen LogP contribution < -0.4 is 15.0 Å². The summed E-state index contributed by atoms with van der Waals surface area (Å²) in [6.45, 7) is 0.356. The Morgan fingerprint density at radius 3 is 2.22 bits per heavy atom. The standard InChI is InChI=1S/C25H21BrF4N2O4/c26-19-6-3-18(22(27)13-19)15-32(14-16-1-9-21(10-2-16)36-25(28,29)30)20-7-4-17(5-8-20)24(35)31-12-11-23(33)34/h1-10,13H,11-12,14-15H2,(H,31,35)(H,33,34). The van der Waals surface area contributed by atoms with Gasteiger partial charge in [0.25, 0.3) is 5.91 Å². The Balaban J connectivity index is 1.81. The van der Waals surface area contributed by atoms with E-state index in [1.807, 2.05) is 0 Å².